The Kier molecular flexibility index (Phi) is 4.29. The fourth-order valence-electron chi connectivity index (χ4n) is 1.83. The highest BCUT2D eigenvalue weighted by Crippen LogP contribution is 2.18. The van der Waals surface area contributed by atoms with Crippen LogP contribution in [-0.2, 0) is 4.79 Å². The zero-order chi connectivity index (χ0) is 16.2. The van der Waals surface area contributed by atoms with Gasteiger partial charge in [0, 0.05) is 11.1 Å². The Bertz CT molecular complexity index is 784. The van der Waals surface area contributed by atoms with Gasteiger partial charge in [-0.05, 0) is 48.5 Å². The van der Waals surface area contributed by atoms with Crippen molar-refractivity contribution in [3.05, 3.63) is 41.7 Å². The average molecular weight is 330 g/mol. The number of hydrogen-bond donors (Lipinski definition) is 1. The van der Waals surface area contributed by atoms with Crippen molar-refractivity contribution >= 4 is 22.4 Å². The number of carbonyl (C=O) groups excluding carboxylic acids is 1. The van der Waals surface area contributed by atoms with Gasteiger partial charge < -0.3 is 4.74 Å². The fourth-order valence-corrected chi connectivity index (χ4v) is 2.50. The Morgan fingerprint density at radius 1 is 1.35 bits per heavy atom. The van der Waals surface area contributed by atoms with E-state index >= 15 is 0 Å². The first-order valence-electron chi connectivity index (χ1n) is 6.85. The molecular formula is C14H14N6O2S. The summed E-state index contributed by atoms with van der Waals surface area (Å²) in [7, 11) is 0. The molecule has 1 N–H and O–H groups in total. The van der Waals surface area contributed by atoms with Crippen molar-refractivity contribution in [2.24, 2.45) is 0 Å². The van der Waals surface area contributed by atoms with Crippen molar-refractivity contribution in [1.82, 2.24) is 25.2 Å². The number of hydrogen-bond acceptors (Lipinski definition) is 7. The normalized spacial score (nSPS) is 11.9. The molecule has 2 heterocycles. The highest BCUT2D eigenvalue weighted by Gasteiger charge is 2.16. The molecule has 0 saturated heterocycles. The van der Waals surface area contributed by atoms with Gasteiger partial charge in [-0.2, -0.15) is 0 Å². The number of tetrazole rings is 1. The van der Waals surface area contributed by atoms with Gasteiger partial charge in [0.25, 0.3) is 5.91 Å². The number of nitrogens with zero attached hydrogens (tertiary/aromatic N) is 5. The van der Waals surface area contributed by atoms with E-state index in [-0.39, 0.29) is 5.91 Å². The summed E-state index contributed by atoms with van der Waals surface area (Å²) in [6.07, 6.45) is 2.57. The van der Waals surface area contributed by atoms with Crippen LogP contribution in [0, 0.1) is 6.92 Å². The Balaban J connectivity index is 1.61. The van der Waals surface area contributed by atoms with E-state index in [1.54, 1.807) is 37.4 Å². The van der Waals surface area contributed by atoms with Crippen molar-refractivity contribution in [1.29, 1.82) is 0 Å². The molecule has 0 bridgehead atoms. The Morgan fingerprint density at radius 2 is 2.13 bits per heavy atom. The third-order valence-corrected chi connectivity index (χ3v) is 3.81. The lowest BCUT2D eigenvalue weighted by molar-refractivity contribution is -0.122. The van der Waals surface area contributed by atoms with Crippen molar-refractivity contribution in [2.45, 2.75) is 20.0 Å². The Hall–Kier alpha value is -2.81. The molecule has 1 aromatic carbocycles. The van der Waals surface area contributed by atoms with Crippen LogP contribution in [0.15, 0.2) is 36.8 Å². The maximum Gasteiger partial charge on any atom is 0.266 e. The molecular weight excluding hydrogens is 316 g/mol. The van der Waals surface area contributed by atoms with Crippen LogP contribution in [0.25, 0.3) is 5.69 Å². The van der Waals surface area contributed by atoms with Gasteiger partial charge in [-0.15, -0.1) is 16.4 Å². The van der Waals surface area contributed by atoms with Crippen molar-refractivity contribution in [2.75, 3.05) is 5.32 Å². The lowest BCUT2D eigenvalue weighted by Gasteiger charge is -2.14. The number of carbonyl (C=O) groups is 1. The van der Waals surface area contributed by atoms with Crippen LogP contribution in [0.5, 0.6) is 5.75 Å². The summed E-state index contributed by atoms with van der Waals surface area (Å²) in [5, 5.41) is 14.2. The largest absolute Gasteiger partial charge is 0.481 e. The van der Waals surface area contributed by atoms with E-state index in [1.165, 1.54) is 22.3 Å². The first kappa shape index (κ1) is 15.1. The number of aryl methyl sites for hydroxylation is 1. The minimum absolute atomic E-state index is 0.246. The van der Waals surface area contributed by atoms with E-state index in [2.05, 4.69) is 25.8 Å². The molecule has 0 saturated carbocycles. The molecule has 118 valence electrons. The molecule has 8 nitrogen and oxygen atoms in total. The predicted octanol–water partition coefficient (Wildman–Crippen LogP) is 1.83. The second-order valence-electron chi connectivity index (χ2n) is 4.77. The topological polar surface area (TPSA) is 94.8 Å². The summed E-state index contributed by atoms with van der Waals surface area (Å²) < 4.78 is 7.16. The van der Waals surface area contributed by atoms with Crippen LogP contribution < -0.4 is 10.1 Å². The third kappa shape index (κ3) is 3.69. The van der Waals surface area contributed by atoms with Gasteiger partial charge in [0.05, 0.1) is 5.69 Å². The van der Waals surface area contributed by atoms with Crippen molar-refractivity contribution in [3.63, 3.8) is 0 Å². The van der Waals surface area contributed by atoms with Gasteiger partial charge in [-0.1, -0.05) is 0 Å². The number of nitrogens with one attached hydrogen (secondary N) is 1. The van der Waals surface area contributed by atoms with E-state index < -0.39 is 6.10 Å². The smallest absolute Gasteiger partial charge is 0.266 e. The molecule has 0 fully saturated rings. The van der Waals surface area contributed by atoms with E-state index in [1.807, 2.05) is 6.92 Å². The number of ether oxygens (including phenoxy) is 1. The number of amides is 1. The van der Waals surface area contributed by atoms with E-state index in [0.717, 1.165) is 10.6 Å². The summed E-state index contributed by atoms with van der Waals surface area (Å²) in [6.45, 7) is 3.62. The minimum Gasteiger partial charge on any atom is -0.481 e. The zero-order valence-electron chi connectivity index (χ0n) is 12.5. The Morgan fingerprint density at radius 3 is 2.74 bits per heavy atom. The predicted molar refractivity (Wildman–Crippen MR) is 84.7 cm³/mol. The molecule has 1 amide bonds. The zero-order valence-corrected chi connectivity index (χ0v) is 13.3. The molecule has 0 spiro atoms. The molecule has 1 unspecified atom stereocenters. The van der Waals surface area contributed by atoms with Crippen LogP contribution in [0.1, 0.15) is 11.8 Å². The van der Waals surface area contributed by atoms with Crippen LogP contribution >= 0.6 is 11.3 Å². The van der Waals surface area contributed by atoms with Gasteiger partial charge in [0.2, 0.25) is 0 Å². The van der Waals surface area contributed by atoms with Gasteiger partial charge >= 0.3 is 0 Å². The van der Waals surface area contributed by atoms with Crippen molar-refractivity contribution in [3.8, 4) is 11.4 Å². The lowest BCUT2D eigenvalue weighted by atomic mass is 10.3. The molecule has 3 rings (SSSR count). The van der Waals surface area contributed by atoms with E-state index in [4.69, 9.17) is 4.74 Å². The summed E-state index contributed by atoms with van der Waals surface area (Å²) in [4.78, 5) is 17.2. The maximum atomic E-state index is 12.1. The van der Waals surface area contributed by atoms with Crippen molar-refractivity contribution < 1.29 is 9.53 Å². The van der Waals surface area contributed by atoms with Crippen LogP contribution in [0.2, 0.25) is 0 Å². The number of benzene rings is 1. The van der Waals surface area contributed by atoms with Gasteiger partial charge in [0.1, 0.15) is 12.1 Å². The number of thiazole rings is 1. The monoisotopic (exact) mass is 330 g/mol. The maximum absolute atomic E-state index is 12.1. The lowest BCUT2D eigenvalue weighted by Crippen LogP contribution is -2.30. The van der Waals surface area contributed by atoms with E-state index in [0.29, 0.717) is 10.9 Å². The third-order valence-electron chi connectivity index (χ3n) is 2.98. The summed E-state index contributed by atoms with van der Waals surface area (Å²) in [6, 6.07) is 7.13. The van der Waals surface area contributed by atoms with Crippen LogP contribution in [-0.4, -0.2) is 37.2 Å². The number of rotatable bonds is 5. The molecule has 0 aliphatic heterocycles. The second-order valence-corrected chi connectivity index (χ2v) is 6.01. The summed E-state index contributed by atoms with van der Waals surface area (Å²) in [5.41, 5.74) is 0.803. The number of aromatic nitrogens is 5. The standard InChI is InChI=1S/C14H14N6O2S/c1-9-7-15-14(23-9)17-13(21)10(2)22-12-5-3-11(4-6-12)20-8-16-18-19-20/h3-8,10H,1-2H3,(H,15,17,21). The molecule has 0 radical (unpaired) electrons. The summed E-state index contributed by atoms with van der Waals surface area (Å²) in [5.74, 6) is 0.337. The van der Waals surface area contributed by atoms with Gasteiger partial charge in [-0.3, -0.25) is 10.1 Å². The highest BCUT2D eigenvalue weighted by molar-refractivity contribution is 7.15. The molecule has 1 atom stereocenters. The Labute approximate surface area is 136 Å². The molecule has 2 aromatic heterocycles. The van der Waals surface area contributed by atoms with Gasteiger partial charge in [0.15, 0.2) is 11.2 Å². The quantitative estimate of drug-likeness (QED) is 0.767. The number of anilines is 1. The van der Waals surface area contributed by atoms with Gasteiger partial charge in [-0.25, -0.2) is 9.67 Å². The van der Waals surface area contributed by atoms with Crippen LogP contribution in [0.4, 0.5) is 5.13 Å². The molecule has 3 aromatic rings. The highest BCUT2D eigenvalue weighted by atomic mass is 32.1. The first-order valence-corrected chi connectivity index (χ1v) is 7.67. The minimum atomic E-state index is -0.641. The molecule has 0 aliphatic carbocycles. The SMILES string of the molecule is Cc1cnc(NC(=O)C(C)Oc2ccc(-n3cnnn3)cc2)s1. The summed E-state index contributed by atoms with van der Waals surface area (Å²) >= 11 is 1.42. The average Bonchev–Trinajstić information content (AvgIpc) is 3.20. The van der Waals surface area contributed by atoms with E-state index in [9.17, 15) is 4.79 Å². The molecule has 0 aliphatic rings. The molecule has 23 heavy (non-hydrogen) atoms. The first-order chi connectivity index (χ1) is 11.1. The molecule has 9 heteroatoms. The van der Waals surface area contributed by atoms with Crippen LogP contribution in [0.3, 0.4) is 0 Å². The second kappa shape index (κ2) is 6.53. The fraction of sp³-hybridized carbons (Fsp3) is 0.214.